The van der Waals surface area contributed by atoms with Gasteiger partial charge in [-0.1, -0.05) is 5.16 Å². The number of aromatic nitrogens is 3. The molecule has 0 spiro atoms. The Hall–Kier alpha value is -3.50. The van der Waals surface area contributed by atoms with Crippen LogP contribution in [0.5, 0.6) is 0 Å². The van der Waals surface area contributed by atoms with Gasteiger partial charge in [-0.05, 0) is 30.3 Å². The van der Waals surface area contributed by atoms with Gasteiger partial charge in [0, 0.05) is 23.5 Å². The van der Waals surface area contributed by atoms with E-state index in [9.17, 15) is 22.4 Å². The van der Waals surface area contributed by atoms with Crippen LogP contribution in [0.2, 0.25) is 0 Å². The Kier molecular flexibility index (Phi) is 4.52. The first-order valence-corrected chi connectivity index (χ1v) is 7.02. The second-order valence-electron chi connectivity index (χ2n) is 4.94. The number of hydrazine groups is 1. The average molecular weight is 367 g/mol. The molecule has 11 heteroatoms. The molecule has 0 fully saturated rings. The smallest absolute Gasteiger partial charge is 0.313 e. The summed E-state index contributed by atoms with van der Waals surface area (Å²) in [7, 11) is 0. The number of alkyl halides is 3. The van der Waals surface area contributed by atoms with Gasteiger partial charge in [0.1, 0.15) is 5.82 Å². The molecule has 0 aliphatic rings. The lowest BCUT2D eigenvalue weighted by molar-refractivity contribution is -0.140. The highest BCUT2D eigenvalue weighted by Gasteiger charge is 2.34. The molecule has 2 N–H and O–H groups in total. The second-order valence-corrected chi connectivity index (χ2v) is 4.94. The molecule has 0 saturated carbocycles. The highest BCUT2D eigenvalue weighted by molar-refractivity contribution is 5.94. The monoisotopic (exact) mass is 367 g/mol. The van der Waals surface area contributed by atoms with E-state index in [4.69, 9.17) is 4.52 Å². The molecule has 134 valence electrons. The molecule has 26 heavy (non-hydrogen) atoms. The largest absolute Gasteiger partial charge is 0.419 e. The average Bonchev–Trinajstić information content (AvgIpc) is 3.09. The van der Waals surface area contributed by atoms with Gasteiger partial charge >= 0.3 is 12.2 Å². The molecule has 0 saturated heterocycles. The molecule has 0 aliphatic carbocycles. The SMILES string of the molecule is O=C(NNc1nc(-c2cccnc2)no1)c1ccc(F)c(C(F)(F)F)c1. The highest BCUT2D eigenvalue weighted by atomic mass is 19.4. The van der Waals surface area contributed by atoms with Crippen LogP contribution in [0.1, 0.15) is 15.9 Å². The molecule has 1 aromatic carbocycles. The summed E-state index contributed by atoms with van der Waals surface area (Å²) in [5.41, 5.74) is 2.97. The van der Waals surface area contributed by atoms with Crippen molar-refractivity contribution < 1.29 is 26.9 Å². The van der Waals surface area contributed by atoms with Crippen LogP contribution in [-0.2, 0) is 6.18 Å². The Bertz CT molecular complexity index is 927. The van der Waals surface area contributed by atoms with Crippen LogP contribution in [0.4, 0.5) is 23.6 Å². The van der Waals surface area contributed by atoms with E-state index in [-0.39, 0.29) is 11.8 Å². The van der Waals surface area contributed by atoms with Crippen molar-refractivity contribution in [3.05, 3.63) is 59.7 Å². The van der Waals surface area contributed by atoms with Gasteiger partial charge in [0.15, 0.2) is 0 Å². The lowest BCUT2D eigenvalue weighted by Crippen LogP contribution is -2.29. The molecular formula is C15H9F4N5O2. The fraction of sp³-hybridized carbons (Fsp3) is 0.0667. The fourth-order valence-electron chi connectivity index (χ4n) is 1.95. The number of nitrogens with zero attached hydrogens (tertiary/aromatic N) is 3. The zero-order chi connectivity index (χ0) is 18.7. The van der Waals surface area contributed by atoms with E-state index in [2.05, 4.69) is 26.0 Å². The van der Waals surface area contributed by atoms with E-state index >= 15 is 0 Å². The molecule has 7 nitrogen and oxygen atoms in total. The zero-order valence-corrected chi connectivity index (χ0v) is 12.7. The maximum atomic E-state index is 13.2. The number of nitrogens with one attached hydrogen (secondary N) is 2. The fourth-order valence-corrected chi connectivity index (χ4v) is 1.95. The minimum atomic E-state index is -4.92. The lowest BCUT2D eigenvalue weighted by Gasteiger charge is -2.10. The molecule has 0 radical (unpaired) electrons. The van der Waals surface area contributed by atoms with Gasteiger partial charge in [-0.25, -0.2) is 9.82 Å². The minimum absolute atomic E-state index is 0.191. The van der Waals surface area contributed by atoms with Gasteiger partial charge < -0.3 is 4.52 Å². The third kappa shape index (κ3) is 3.77. The molecular weight excluding hydrogens is 358 g/mol. The van der Waals surface area contributed by atoms with E-state index in [0.29, 0.717) is 17.7 Å². The van der Waals surface area contributed by atoms with Gasteiger partial charge in [0.25, 0.3) is 5.91 Å². The number of hydrogen-bond acceptors (Lipinski definition) is 6. The normalized spacial score (nSPS) is 11.2. The molecule has 3 rings (SSSR count). The van der Waals surface area contributed by atoms with E-state index in [0.717, 1.165) is 6.07 Å². The summed E-state index contributed by atoms with van der Waals surface area (Å²) in [5, 5.41) is 3.66. The van der Waals surface area contributed by atoms with Crippen LogP contribution < -0.4 is 10.9 Å². The number of anilines is 1. The van der Waals surface area contributed by atoms with Gasteiger partial charge in [-0.3, -0.25) is 15.2 Å². The maximum absolute atomic E-state index is 13.2. The van der Waals surface area contributed by atoms with Crippen molar-refractivity contribution in [2.45, 2.75) is 6.18 Å². The van der Waals surface area contributed by atoms with Crippen LogP contribution in [-0.4, -0.2) is 21.0 Å². The highest BCUT2D eigenvalue weighted by Crippen LogP contribution is 2.31. The van der Waals surface area contributed by atoms with Crippen LogP contribution in [0.25, 0.3) is 11.4 Å². The summed E-state index contributed by atoms with van der Waals surface area (Å²) < 4.78 is 56.1. The quantitative estimate of drug-likeness (QED) is 0.544. The van der Waals surface area contributed by atoms with Crippen LogP contribution in [0.3, 0.4) is 0 Å². The van der Waals surface area contributed by atoms with Crippen molar-refractivity contribution in [1.82, 2.24) is 20.6 Å². The lowest BCUT2D eigenvalue weighted by atomic mass is 10.1. The molecule has 0 aliphatic heterocycles. The molecule has 2 aromatic heterocycles. The number of amides is 1. The van der Waals surface area contributed by atoms with Crippen LogP contribution in [0.15, 0.2) is 47.2 Å². The van der Waals surface area contributed by atoms with Crippen LogP contribution in [0, 0.1) is 5.82 Å². The van der Waals surface area contributed by atoms with Crippen LogP contribution >= 0.6 is 0 Å². The number of benzene rings is 1. The molecule has 3 aromatic rings. The summed E-state index contributed by atoms with van der Waals surface area (Å²) in [6.45, 7) is 0. The molecule has 0 unspecified atom stereocenters. The van der Waals surface area contributed by atoms with Crippen molar-refractivity contribution in [3.8, 4) is 11.4 Å². The number of carbonyl (C=O) groups excluding carboxylic acids is 1. The number of pyridine rings is 1. The van der Waals surface area contributed by atoms with E-state index in [1.54, 1.807) is 18.3 Å². The Morgan fingerprint density at radius 3 is 2.69 bits per heavy atom. The Balaban J connectivity index is 1.69. The summed E-state index contributed by atoms with van der Waals surface area (Å²) in [6.07, 6.45) is -1.87. The molecule has 0 bridgehead atoms. The molecule has 0 atom stereocenters. The van der Waals surface area contributed by atoms with E-state index < -0.39 is 29.0 Å². The standard InChI is InChI=1S/C15H9F4N5O2/c16-11-4-3-8(6-10(11)15(17,18)19)13(25)22-23-14-21-12(24-26-14)9-2-1-5-20-7-9/h1-7H,(H,22,25)(H,21,23,24). The van der Waals surface area contributed by atoms with Crippen molar-refractivity contribution in [3.63, 3.8) is 0 Å². The first-order valence-electron chi connectivity index (χ1n) is 7.02. The van der Waals surface area contributed by atoms with Gasteiger partial charge in [0.05, 0.1) is 5.56 Å². The van der Waals surface area contributed by atoms with Gasteiger partial charge in [-0.15, -0.1) is 0 Å². The summed E-state index contributed by atoms with van der Waals surface area (Å²) in [4.78, 5) is 19.7. The van der Waals surface area contributed by atoms with Crippen molar-refractivity contribution in [1.29, 1.82) is 0 Å². The number of carbonyl (C=O) groups is 1. The number of hydrogen-bond donors (Lipinski definition) is 2. The predicted molar refractivity (Wildman–Crippen MR) is 80.0 cm³/mol. The third-order valence-corrected chi connectivity index (χ3v) is 3.16. The maximum Gasteiger partial charge on any atom is 0.419 e. The Morgan fingerprint density at radius 2 is 2.00 bits per heavy atom. The van der Waals surface area contributed by atoms with E-state index in [1.165, 1.54) is 6.20 Å². The third-order valence-electron chi connectivity index (χ3n) is 3.16. The first kappa shape index (κ1) is 17.3. The van der Waals surface area contributed by atoms with Gasteiger partial charge in [-0.2, -0.15) is 18.2 Å². The molecule has 1 amide bonds. The van der Waals surface area contributed by atoms with E-state index in [1.807, 2.05) is 0 Å². The van der Waals surface area contributed by atoms with Crippen molar-refractivity contribution >= 4 is 11.9 Å². The summed E-state index contributed by atoms with van der Waals surface area (Å²) in [5.74, 6) is -2.23. The molecule has 2 heterocycles. The minimum Gasteiger partial charge on any atom is -0.313 e. The number of halogens is 4. The zero-order valence-electron chi connectivity index (χ0n) is 12.7. The topological polar surface area (TPSA) is 92.9 Å². The second kappa shape index (κ2) is 6.78. The predicted octanol–water partition coefficient (Wildman–Crippen LogP) is 3.05. The van der Waals surface area contributed by atoms with Crippen molar-refractivity contribution in [2.75, 3.05) is 5.43 Å². The van der Waals surface area contributed by atoms with Gasteiger partial charge in [0.2, 0.25) is 5.82 Å². The summed E-state index contributed by atoms with van der Waals surface area (Å²) >= 11 is 0. The number of rotatable bonds is 4. The van der Waals surface area contributed by atoms with Crippen molar-refractivity contribution in [2.24, 2.45) is 0 Å². The Labute approximate surface area is 143 Å². The first-order chi connectivity index (χ1) is 12.3. The Morgan fingerprint density at radius 1 is 1.19 bits per heavy atom. The summed E-state index contributed by atoms with van der Waals surface area (Å²) in [6, 6.07) is 5.02.